The Morgan fingerprint density at radius 1 is 1.15 bits per heavy atom. The van der Waals surface area contributed by atoms with Crippen LogP contribution in [0.5, 0.6) is 0 Å². The van der Waals surface area contributed by atoms with Crippen LogP contribution in [0, 0.1) is 0 Å². The minimum absolute atomic E-state index is 0.161. The third-order valence-corrected chi connectivity index (χ3v) is 8.32. The van der Waals surface area contributed by atoms with Crippen LogP contribution in [0.15, 0.2) is 35.0 Å². The molecule has 0 aromatic carbocycles. The maximum atomic E-state index is 13.1. The second-order valence-electron chi connectivity index (χ2n) is 7.99. The fraction of sp³-hybridized carbons (Fsp3) is 0.526. The lowest BCUT2D eigenvalue weighted by Crippen LogP contribution is -2.60. The number of thiophene rings is 2. The van der Waals surface area contributed by atoms with E-state index in [9.17, 15) is 9.90 Å². The fourth-order valence-electron chi connectivity index (χ4n) is 4.83. The lowest BCUT2D eigenvalue weighted by atomic mass is 9.95. The van der Waals surface area contributed by atoms with Crippen LogP contribution >= 0.6 is 22.7 Å². The Morgan fingerprint density at radius 2 is 1.69 bits per heavy atom. The molecular weight excluding hydrogens is 370 g/mol. The molecule has 138 valence electrons. The van der Waals surface area contributed by atoms with E-state index in [0.29, 0.717) is 34.0 Å². The number of aliphatic hydroxyl groups is 1. The molecule has 26 heavy (non-hydrogen) atoms. The van der Waals surface area contributed by atoms with Gasteiger partial charge in [-0.05, 0) is 22.9 Å². The number of epoxide rings is 1. The number of morpholine rings is 1. The number of fused-ring (bicyclic) bond motifs is 5. The molecule has 2 bridgehead atoms. The van der Waals surface area contributed by atoms with E-state index in [1.54, 1.807) is 12.1 Å². The fourth-order valence-corrected chi connectivity index (χ4v) is 6.54. The van der Waals surface area contributed by atoms with Crippen LogP contribution in [0.4, 0.5) is 0 Å². The second-order valence-corrected chi connectivity index (χ2v) is 9.89. The van der Waals surface area contributed by atoms with Crippen molar-refractivity contribution in [3.63, 3.8) is 0 Å². The predicted molar refractivity (Wildman–Crippen MR) is 99.1 cm³/mol. The maximum Gasteiger partial charge on any atom is 0.349 e. The van der Waals surface area contributed by atoms with Crippen LogP contribution < -0.4 is 0 Å². The summed E-state index contributed by atoms with van der Waals surface area (Å²) < 4.78 is 12.6. The highest BCUT2D eigenvalue weighted by atomic mass is 32.1. The topological polar surface area (TPSA) is 59.1 Å². The van der Waals surface area contributed by atoms with Gasteiger partial charge in [0.1, 0.15) is 30.4 Å². The first-order chi connectivity index (χ1) is 12.4. The zero-order valence-corrected chi connectivity index (χ0v) is 16.3. The van der Waals surface area contributed by atoms with Gasteiger partial charge in [-0.15, -0.1) is 22.7 Å². The molecule has 4 unspecified atom stereocenters. The normalized spacial score (nSPS) is 34.3. The second kappa shape index (κ2) is 5.62. The van der Waals surface area contributed by atoms with E-state index < -0.39 is 11.6 Å². The Balaban J connectivity index is 1.40. The van der Waals surface area contributed by atoms with Crippen LogP contribution in [0.2, 0.25) is 0 Å². The summed E-state index contributed by atoms with van der Waals surface area (Å²) in [4.78, 5) is 14.3. The lowest BCUT2D eigenvalue weighted by molar-refractivity contribution is -0.938. The molecule has 3 aliphatic heterocycles. The molecule has 3 fully saturated rings. The number of quaternary nitrogens is 1. The summed E-state index contributed by atoms with van der Waals surface area (Å²) in [7, 11) is 4.49. The summed E-state index contributed by atoms with van der Waals surface area (Å²) in [5, 5.41) is 15.1. The highest BCUT2D eigenvalue weighted by Crippen LogP contribution is 2.52. The zero-order chi connectivity index (χ0) is 18.1. The number of rotatable bonds is 4. The highest BCUT2D eigenvalue weighted by Gasteiger charge is 2.71. The van der Waals surface area contributed by atoms with Crippen LogP contribution in [0.3, 0.4) is 0 Å². The first kappa shape index (κ1) is 16.9. The molecular formula is C19H22NO4S2+. The van der Waals surface area contributed by atoms with Crippen molar-refractivity contribution in [2.75, 3.05) is 14.1 Å². The molecule has 0 spiro atoms. The van der Waals surface area contributed by atoms with E-state index in [0.717, 1.165) is 17.3 Å². The number of ether oxygens (including phenoxy) is 2. The average Bonchev–Trinajstić information content (AvgIpc) is 2.98. The molecule has 0 radical (unpaired) electrons. The van der Waals surface area contributed by atoms with Gasteiger partial charge in [0.2, 0.25) is 5.60 Å². The molecule has 5 atom stereocenters. The van der Waals surface area contributed by atoms with Crippen molar-refractivity contribution >= 4 is 28.6 Å². The van der Waals surface area contributed by atoms with Crippen LogP contribution in [0.1, 0.15) is 22.6 Å². The van der Waals surface area contributed by atoms with Crippen LogP contribution in [-0.4, -0.2) is 60.0 Å². The Labute approximate surface area is 160 Å². The lowest BCUT2D eigenvalue weighted by Gasteiger charge is -2.45. The minimum atomic E-state index is -1.72. The largest absolute Gasteiger partial charge is 0.459 e. The van der Waals surface area contributed by atoms with Gasteiger partial charge in [0.25, 0.3) is 0 Å². The van der Waals surface area contributed by atoms with Crippen molar-refractivity contribution in [1.82, 2.24) is 0 Å². The van der Waals surface area contributed by atoms with Gasteiger partial charge >= 0.3 is 5.97 Å². The number of nitrogens with zero attached hydrogens (tertiary/aromatic N) is 1. The van der Waals surface area contributed by atoms with Crippen molar-refractivity contribution in [2.45, 2.75) is 48.8 Å². The summed E-state index contributed by atoms with van der Waals surface area (Å²) in [6, 6.07) is 8.01. The summed E-state index contributed by atoms with van der Waals surface area (Å²) in [6.07, 6.45) is 2.05. The number of hydrogen-bond acceptors (Lipinski definition) is 6. The van der Waals surface area contributed by atoms with E-state index >= 15 is 0 Å². The summed E-state index contributed by atoms with van der Waals surface area (Å²) in [5.74, 6) is -0.561. The maximum absolute atomic E-state index is 13.1. The van der Waals surface area contributed by atoms with Crippen LogP contribution in [-0.2, 0) is 19.9 Å². The standard InChI is InChI=1S/C19H22NO4S2/c1-20(2)12-9-11(10-13(20)17-16(12)24-17)23-18(21)19(22,14-5-3-7-25-14)15-6-4-8-26-15/h3-8,11-13,16-17,22H,9-10H2,1-2H3/q+1/t11?,12-,13?,16?,17?/m0/s1. The first-order valence-corrected chi connectivity index (χ1v) is 10.7. The van der Waals surface area contributed by atoms with Crippen LogP contribution in [0.25, 0.3) is 0 Å². The number of carbonyl (C=O) groups excluding carboxylic acids is 1. The molecule has 2 aromatic heterocycles. The molecule has 5 nitrogen and oxygen atoms in total. The van der Waals surface area contributed by atoms with Crippen molar-refractivity contribution in [2.24, 2.45) is 0 Å². The van der Waals surface area contributed by atoms with Gasteiger partial charge < -0.3 is 19.1 Å². The monoisotopic (exact) mass is 392 g/mol. The molecule has 3 saturated heterocycles. The number of hydrogen-bond donors (Lipinski definition) is 1. The van der Waals surface area contributed by atoms with Gasteiger partial charge in [-0.1, -0.05) is 12.1 Å². The first-order valence-electron chi connectivity index (χ1n) is 8.92. The van der Waals surface area contributed by atoms with Crippen molar-refractivity contribution < 1.29 is 23.9 Å². The van der Waals surface area contributed by atoms with Gasteiger partial charge in [-0.3, -0.25) is 0 Å². The molecule has 0 aliphatic carbocycles. The van der Waals surface area contributed by atoms with E-state index in [2.05, 4.69) is 14.1 Å². The zero-order valence-electron chi connectivity index (χ0n) is 14.7. The quantitative estimate of drug-likeness (QED) is 0.493. The van der Waals surface area contributed by atoms with Gasteiger partial charge in [0.15, 0.2) is 0 Å². The van der Waals surface area contributed by atoms with Gasteiger partial charge in [-0.25, -0.2) is 4.79 Å². The van der Waals surface area contributed by atoms with Gasteiger partial charge in [0.05, 0.1) is 23.8 Å². The summed E-state index contributed by atoms with van der Waals surface area (Å²) in [6.45, 7) is 0. The Kier molecular flexibility index (Phi) is 3.65. The van der Waals surface area contributed by atoms with E-state index in [-0.39, 0.29) is 6.10 Å². The Bertz CT molecular complexity index is 762. The summed E-state index contributed by atoms with van der Waals surface area (Å²) >= 11 is 2.74. The van der Waals surface area contributed by atoms with E-state index in [4.69, 9.17) is 9.47 Å². The highest BCUT2D eigenvalue weighted by molar-refractivity contribution is 7.12. The minimum Gasteiger partial charge on any atom is -0.459 e. The van der Waals surface area contributed by atoms with Crippen molar-refractivity contribution in [3.8, 4) is 0 Å². The summed E-state index contributed by atoms with van der Waals surface area (Å²) in [5.41, 5.74) is -1.72. The Morgan fingerprint density at radius 3 is 2.15 bits per heavy atom. The Hall–Kier alpha value is -1.25. The molecule has 0 amide bonds. The third kappa shape index (κ3) is 2.28. The SMILES string of the molecule is C[N+]1(C)C2CC(OC(=O)C(O)(c3cccs3)c3cccs3)C[C@H]1C1OC12. The molecule has 5 heterocycles. The number of carbonyl (C=O) groups is 1. The molecule has 1 N–H and O–H groups in total. The smallest absolute Gasteiger partial charge is 0.349 e. The van der Waals surface area contributed by atoms with Gasteiger partial charge in [0, 0.05) is 12.8 Å². The molecule has 2 aromatic rings. The molecule has 5 rings (SSSR count). The molecule has 0 saturated carbocycles. The molecule has 7 heteroatoms. The predicted octanol–water partition coefficient (Wildman–Crippen LogP) is 2.35. The van der Waals surface area contributed by atoms with Gasteiger partial charge in [-0.2, -0.15) is 0 Å². The van der Waals surface area contributed by atoms with E-state index in [1.165, 1.54) is 22.7 Å². The van der Waals surface area contributed by atoms with Crippen molar-refractivity contribution in [1.29, 1.82) is 0 Å². The number of esters is 1. The molecule has 3 aliphatic rings. The van der Waals surface area contributed by atoms with E-state index in [1.807, 2.05) is 22.9 Å². The average molecular weight is 393 g/mol. The third-order valence-electron chi connectivity index (χ3n) is 6.36. The number of piperidine rings is 1. The number of likely N-dealkylation sites (N-methyl/N-ethyl adjacent to an activating group) is 1. The van der Waals surface area contributed by atoms with Crippen molar-refractivity contribution in [3.05, 3.63) is 44.8 Å².